The van der Waals surface area contributed by atoms with E-state index >= 15 is 0 Å². The van der Waals surface area contributed by atoms with E-state index < -0.39 is 57.8 Å². The van der Waals surface area contributed by atoms with Gasteiger partial charge in [-0.2, -0.15) is 0 Å². The molecule has 0 saturated carbocycles. The lowest BCUT2D eigenvalue weighted by Gasteiger charge is -2.21. The number of hydrogen-bond donors (Lipinski definition) is 2. The fourth-order valence-corrected chi connectivity index (χ4v) is 8.02. The van der Waals surface area contributed by atoms with Crippen molar-refractivity contribution < 1.29 is 52.2 Å². The first-order valence-corrected chi connectivity index (χ1v) is 30.6. The number of unbranched alkanes of at least 4 members (excludes halogenated alkanes) is 13. The van der Waals surface area contributed by atoms with Gasteiger partial charge in [0, 0.05) is 19.3 Å². The number of ether oxygens (including phenoxy) is 3. The van der Waals surface area contributed by atoms with Crippen molar-refractivity contribution >= 4 is 25.7 Å². The fraction of sp³-hybridized carbons (Fsp3) is 0.609. The molecule has 0 aliphatic carbocycles. The summed E-state index contributed by atoms with van der Waals surface area (Å²) in [5, 5.41) is 9.81. The van der Waals surface area contributed by atoms with Gasteiger partial charge in [-0.3, -0.25) is 23.4 Å². The summed E-state index contributed by atoms with van der Waals surface area (Å²) in [6.07, 6.45) is 71.2. The molecular weight excluding hydrogens is 976 g/mol. The van der Waals surface area contributed by atoms with Gasteiger partial charge in [0.05, 0.1) is 19.8 Å². The summed E-state index contributed by atoms with van der Waals surface area (Å²) in [5.41, 5.74) is 0. The van der Waals surface area contributed by atoms with Crippen LogP contribution in [0.2, 0.25) is 0 Å². The molecular formula is C64H103O11P. The van der Waals surface area contributed by atoms with Gasteiger partial charge in [-0.1, -0.05) is 199 Å². The van der Waals surface area contributed by atoms with Crippen LogP contribution in [0.5, 0.6) is 0 Å². The minimum Gasteiger partial charge on any atom is -0.462 e. The molecule has 430 valence electrons. The Balaban J connectivity index is 4.84. The zero-order valence-corrected chi connectivity index (χ0v) is 48.3. The number of aliphatic hydroxyl groups is 1. The van der Waals surface area contributed by atoms with Crippen LogP contribution in [0.15, 0.2) is 134 Å². The van der Waals surface area contributed by atoms with E-state index in [-0.39, 0.29) is 25.9 Å². The van der Waals surface area contributed by atoms with Gasteiger partial charge >= 0.3 is 25.7 Å². The first-order valence-electron chi connectivity index (χ1n) is 29.1. The molecule has 0 aliphatic heterocycles. The molecule has 0 radical (unpaired) electrons. The van der Waals surface area contributed by atoms with Crippen molar-refractivity contribution in [3.8, 4) is 0 Å². The average molecular weight is 1080 g/mol. The van der Waals surface area contributed by atoms with E-state index in [9.17, 15) is 28.9 Å². The molecule has 0 aliphatic rings. The number of aliphatic hydroxyl groups excluding tert-OH is 1. The molecule has 0 heterocycles. The Labute approximate surface area is 461 Å². The molecule has 0 saturated heterocycles. The molecule has 0 spiro atoms. The van der Waals surface area contributed by atoms with Crippen molar-refractivity contribution in [2.24, 2.45) is 0 Å². The molecule has 3 unspecified atom stereocenters. The number of allylic oxidation sites excluding steroid dienone is 22. The number of carbonyl (C=O) groups excluding carboxylic acids is 3. The normalized spacial score (nSPS) is 14.3. The van der Waals surface area contributed by atoms with Crippen LogP contribution in [0.1, 0.15) is 213 Å². The summed E-state index contributed by atoms with van der Waals surface area (Å²) >= 11 is 0. The maximum atomic E-state index is 12.9. The summed E-state index contributed by atoms with van der Waals surface area (Å²) in [4.78, 5) is 48.6. The summed E-state index contributed by atoms with van der Waals surface area (Å²) in [6.45, 7) is 4.20. The standard InChI is InChI=1S/C64H103O11P/c1-4-7-10-13-16-19-22-25-28-29-30-31-34-37-40-43-46-49-52-55-64(68)75-61(57-71-62(66)53-50-47-44-41-38-35-32-26-23-20-17-14-11-8-5-2)59-73-76(69,70)72-58-60(56-65)74-63(67)54-51-48-45-42-39-36-33-27-24-21-18-15-12-9-6-3/h7-12,16-21,25-28,30-33,39,42,60-61,65H,4-6,13-15,22-24,29,34-38,40-41,43-59H2,1-3H3,(H,69,70)/b10-7-,11-8-,12-9-,19-16-,20-17-,21-18-,28-25-,31-30-,32-26-,33-27-,42-39-. The quantitative estimate of drug-likeness (QED) is 0.0197. The average Bonchev–Trinajstić information content (AvgIpc) is 3.41. The Morgan fingerprint density at radius 2 is 0.645 bits per heavy atom. The molecule has 0 fully saturated rings. The Morgan fingerprint density at radius 3 is 1.01 bits per heavy atom. The third-order valence-electron chi connectivity index (χ3n) is 11.6. The molecule has 3 atom stereocenters. The summed E-state index contributed by atoms with van der Waals surface area (Å²) in [5.74, 6) is -1.56. The van der Waals surface area contributed by atoms with Crippen LogP contribution in [0.4, 0.5) is 0 Å². The third-order valence-corrected chi connectivity index (χ3v) is 12.5. The Hall–Kier alpha value is -4.38. The van der Waals surface area contributed by atoms with E-state index in [0.717, 1.165) is 154 Å². The van der Waals surface area contributed by atoms with Gasteiger partial charge in [-0.15, -0.1) is 0 Å². The molecule has 76 heavy (non-hydrogen) atoms. The van der Waals surface area contributed by atoms with E-state index in [1.807, 2.05) is 0 Å². The largest absolute Gasteiger partial charge is 0.472 e. The van der Waals surface area contributed by atoms with E-state index in [0.29, 0.717) is 19.3 Å². The van der Waals surface area contributed by atoms with Gasteiger partial charge in [-0.25, -0.2) is 4.57 Å². The lowest BCUT2D eigenvalue weighted by atomic mass is 10.1. The van der Waals surface area contributed by atoms with Gasteiger partial charge in [0.2, 0.25) is 0 Å². The van der Waals surface area contributed by atoms with Crippen LogP contribution in [-0.2, 0) is 42.2 Å². The summed E-state index contributed by atoms with van der Waals surface area (Å²) in [6, 6.07) is 0. The van der Waals surface area contributed by atoms with Crippen molar-refractivity contribution in [1.29, 1.82) is 0 Å². The van der Waals surface area contributed by atoms with Gasteiger partial charge in [0.15, 0.2) is 6.10 Å². The lowest BCUT2D eigenvalue weighted by Crippen LogP contribution is -2.30. The van der Waals surface area contributed by atoms with Crippen LogP contribution in [0.25, 0.3) is 0 Å². The topological polar surface area (TPSA) is 155 Å². The maximum Gasteiger partial charge on any atom is 0.472 e. The van der Waals surface area contributed by atoms with E-state index in [2.05, 4.69) is 154 Å². The summed E-state index contributed by atoms with van der Waals surface area (Å²) in [7, 11) is -4.78. The molecule has 12 heteroatoms. The van der Waals surface area contributed by atoms with Gasteiger partial charge in [0.25, 0.3) is 0 Å². The van der Waals surface area contributed by atoms with Gasteiger partial charge < -0.3 is 24.2 Å². The van der Waals surface area contributed by atoms with Gasteiger partial charge in [-0.05, 0) is 128 Å². The number of rotatable bonds is 52. The Kier molecular flexibility index (Phi) is 53.5. The second-order valence-corrected chi connectivity index (χ2v) is 20.1. The van der Waals surface area contributed by atoms with Crippen LogP contribution in [0.3, 0.4) is 0 Å². The number of esters is 3. The zero-order chi connectivity index (χ0) is 55.5. The molecule has 0 aromatic rings. The van der Waals surface area contributed by atoms with Crippen molar-refractivity contribution in [3.63, 3.8) is 0 Å². The molecule has 0 aromatic carbocycles. The first kappa shape index (κ1) is 71.6. The number of phosphoric ester groups is 1. The summed E-state index contributed by atoms with van der Waals surface area (Å²) < 4.78 is 39.5. The predicted molar refractivity (Wildman–Crippen MR) is 316 cm³/mol. The van der Waals surface area contributed by atoms with Crippen LogP contribution < -0.4 is 0 Å². The van der Waals surface area contributed by atoms with E-state index in [1.54, 1.807) is 0 Å². The second-order valence-electron chi connectivity index (χ2n) is 18.7. The molecule has 0 aromatic heterocycles. The molecule has 0 bridgehead atoms. The monoisotopic (exact) mass is 1080 g/mol. The van der Waals surface area contributed by atoms with Crippen molar-refractivity contribution in [2.45, 2.75) is 226 Å². The van der Waals surface area contributed by atoms with Crippen molar-refractivity contribution in [3.05, 3.63) is 134 Å². The van der Waals surface area contributed by atoms with E-state index in [1.165, 1.54) is 0 Å². The maximum absolute atomic E-state index is 12.9. The first-order chi connectivity index (χ1) is 37.2. The van der Waals surface area contributed by atoms with Crippen molar-refractivity contribution in [2.75, 3.05) is 26.4 Å². The highest BCUT2D eigenvalue weighted by atomic mass is 31.2. The molecule has 0 rings (SSSR count). The second kappa shape index (κ2) is 56.8. The number of carbonyl (C=O) groups is 3. The Morgan fingerprint density at radius 1 is 0.368 bits per heavy atom. The SMILES string of the molecule is CC/C=C\C/C=C\C/C=C\C/C=C\CCCCCCCCC(=O)OC(COC(=O)CCCCCCC/C=C\C/C=C\C/C=C\CC)COP(=O)(O)OCC(CO)OC(=O)CCCC/C=C\C/C=C\C/C=C\C/C=C\CC. The minimum atomic E-state index is -4.78. The third kappa shape index (κ3) is 54.4. The molecule has 2 N–H and O–H groups in total. The predicted octanol–water partition coefficient (Wildman–Crippen LogP) is 17.4. The zero-order valence-electron chi connectivity index (χ0n) is 47.4. The van der Waals surface area contributed by atoms with E-state index in [4.69, 9.17) is 23.3 Å². The highest BCUT2D eigenvalue weighted by Gasteiger charge is 2.28. The molecule has 11 nitrogen and oxygen atoms in total. The number of hydrogen-bond acceptors (Lipinski definition) is 10. The van der Waals surface area contributed by atoms with Gasteiger partial charge in [0.1, 0.15) is 12.7 Å². The van der Waals surface area contributed by atoms with Crippen molar-refractivity contribution in [1.82, 2.24) is 0 Å². The van der Waals surface area contributed by atoms with Crippen LogP contribution in [0, 0.1) is 0 Å². The van der Waals surface area contributed by atoms with Crippen LogP contribution >= 0.6 is 7.82 Å². The highest BCUT2D eigenvalue weighted by Crippen LogP contribution is 2.43. The lowest BCUT2D eigenvalue weighted by molar-refractivity contribution is -0.161. The highest BCUT2D eigenvalue weighted by molar-refractivity contribution is 7.47. The Bertz CT molecular complexity index is 1780. The minimum absolute atomic E-state index is 0.116. The number of phosphoric acid groups is 1. The smallest absolute Gasteiger partial charge is 0.462 e. The molecule has 0 amide bonds. The fourth-order valence-electron chi connectivity index (χ4n) is 7.23. The van der Waals surface area contributed by atoms with Crippen LogP contribution in [-0.4, -0.2) is 66.5 Å².